The number of carbonyl (C=O) groups excluding carboxylic acids is 2. The zero-order valence-electron chi connectivity index (χ0n) is 25.2. The van der Waals surface area contributed by atoms with Crippen molar-refractivity contribution in [2.75, 3.05) is 32.1 Å². The number of nitrogens with zero attached hydrogens (tertiary/aromatic N) is 2. The van der Waals surface area contributed by atoms with E-state index in [-0.39, 0.29) is 34.3 Å². The van der Waals surface area contributed by atoms with Gasteiger partial charge in [0.15, 0.2) is 11.5 Å². The number of nitrogens with one attached hydrogen (secondary N) is 1. The van der Waals surface area contributed by atoms with Crippen LogP contribution in [0.4, 0.5) is 10.1 Å². The third-order valence-corrected chi connectivity index (χ3v) is 9.70. The first kappa shape index (κ1) is 34.6. The first-order valence-electron chi connectivity index (χ1n) is 14.0. The van der Waals surface area contributed by atoms with Gasteiger partial charge in [-0.3, -0.25) is 13.9 Å². The van der Waals surface area contributed by atoms with Gasteiger partial charge in [-0.05, 0) is 59.7 Å². The number of halogens is 3. The van der Waals surface area contributed by atoms with Gasteiger partial charge in [-0.2, -0.15) is 0 Å². The van der Waals surface area contributed by atoms with E-state index in [1.807, 2.05) is 30.3 Å². The molecule has 242 valence electrons. The molecule has 9 nitrogen and oxygen atoms in total. The molecule has 0 aliphatic rings. The average molecular weight is 689 g/mol. The maximum atomic E-state index is 14.4. The van der Waals surface area contributed by atoms with Gasteiger partial charge < -0.3 is 19.7 Å². The molecule has 0 saturated heterocycles. The quantitative estimate of drug-likeness (QED) is 0.193. The highest BCUT2D eigenvalue weighted by Gasteiger charge is 2.34. The summed E-state index contributed by atoms with van der Waals surface area (Å²) in [6.07, 6.45) is 0.132. The summed E-state index contributed by atoms with van der Waals surface area (Å²) < 4.78 is 53.7. The van der Waals surface area contributed by atoms with Crippen LogP contribution in [0.15, 0.2) is 95.9 Å². The van der Waals surface area contributed by atoms with Crippen molar-refractivity contribution in [3.63, 3.8) is 0 Å². The van der Waals surface area contributed by atoms with Crippen LogP contribution in [0.25, 0.3) is 0 Å². The summed E-state index contributed by atoms with van der Waals surface area (Å²) in [6.45, 7) is -0.833. The van der Waals surface area contributed by atoms with Gasteiger partial charge in [-0.15, -0.1) is 0 Å². The largest absolute Gasteiger partial charge is 0.493 e. The Kier molecular flexibility index (Phi) is 11.5. The first-order valence-corrected chi connectivity index (χ1v) is 16.2. The van der Waals surface area contributed by atoms with Gasteiger partial charge >= 0.3 is 0 Å². The Hall–Kier alpha value is -4.32. The van der Waals surface area contributed by atoms with E-state index in [9.17, 15) is 22.4 Å². The van der Waals surface area contributed by atoms with E-state index in [0.29, 0.717) is 16.3 Å². The molecule has 4 rings (SSSR count). The van der Waals surface area contributed by atoms with E-state index in [2.05, 4.69) is 5.32 Å². The van der Waals surface area contributed by atoms with Crippen LogP contribution in [0.2, 0.25) is 10.0 Å². The SMILES string of the molecule is CNC(=O)C(Cc1ccccc1)N(Cc1ccc(Cl)c(Cl)c1)C(=O)CN(c1ccc(F)cc1)S(=O)(=O)c1ccc(OC)c(OC)c1. The normalized spacial score (nSPS) is 11.8. The van der Waals surface area contributed by atoms with E-state index in [1.54, 1.807) is 18.2 Å². The minimum absolute atomic E-state index is 0.0265. The Morgan fingerprint density at radius 2 is 1.52 bits per heavy atom. The summed E-state index contributed by atoms with van der Waals surface area (Å²) in [7, 11) is -0.231. The van der Waals surface area contributed by atoms with E-state index < -0.39 is 40.2 Å². The number of likely N-dealkylation sites (N-methyl/N-ethyl adjacent to an activating group) is 1. The summed E-state index contributed by atoms with van der Waals surface area (Å²) in [4.78, 5) is 28.8. The van der Waals surface area contributed by atoms with Crippen molar-refractivity contribution >= 4 is 50.7 Å². The fourth-order valence-corrected chi connectivity index (χ4v) is 6.55. The van der Waals surface area contributed by atoms with Gasteiger partial charge in [0.05, 0.1) is 34.8 Å². The minimum atomic E-state index is -4.46. The highest BCUT2D eigenvalue weighted by atomic mass is 35.5. The lowest BCUT2D eigenvalue weighted by molar-refractivity contribution is -0.139. The van der Waals surface area contributed by atoms with Crippen LogP contribution in [0.3, 0.4) is 0 Å². The third kappa shape index (κ3) is 8.09. The zero-order valence-corrected chi connectivity index (χ0v) is 27.6. The summed E-state index contributed by atoms with van der Waals surface area (Å²) >= 11 is 12.4. The number of amides is 2. The summed E-state index contributed by atoms with van der Waals surface area (Å²) in [5.74, 6) is -1.31. The predicted molar refractivity (Wildman–Crippen MR) is 175 cm³/mol. The van der Waals surface area contributed by atoms with Crippen LogP contribution < -0.4 is 19.1 Å². The molecule has 13 heteroatoms. The summed E-state index contributed by atoms with van der Waals surface area (Å²) in [5, 5.41) is 3.17. The highest BCUT2D eigenvalue weighted by Crippen LogP contribution is 2.33. The van der Waals surface area contributed by atoms with Crippen molar-refractivity contribution in [1.29, 1.82) is 0 Å². The highest BCUT2D eigenvalue weighted by molar-refractivity contribution is 7.92. The van der Waals surface area contributed by atoms with Crippen molar-refractivity contribution in [2.45, 2.75) is 23.9 Å². The van der Waals surface area contributed by atoms with E-state index in [4.69, 9.17) is 32.7 Å². The lowest BCUT2D eigenvalue weighted by atomic mass is 10.0. The molecular weight excluding hydrogens is 656 g/mol. The van der Waals surface area contributed by atoms with E-state index in [1.165, 1.54) is 56.5 Å². The topological polar surface area (TPSA) is 105 Å². The van der Waals surface area contributed by atoms with Crippen LogP contribution in [-0.4, -0.2) is 59.0 Å². The Morgan fingerprint density at radius 3 is 2.13 bits per heavy atom. The van der Waals surface area contributed by atoms with Crippen molar-refractivity contribution in [2.24, 2.45) is 0 Å². The smallest absolute Gasteiger partial charge is 0.264 e. The maximum Gasteiger partial charge on any atom is 0.264 e. The maximum absolute atomic E-state index is 14.4. The van der Waals surface area contributed by atoms with Crippen LogP contribution in [0.5, 0.6) is 11.5 Å². The molecule has 0 heterocycles. The molecule has 0 bridgehead atoms. The third-order valence-electron chi connectivity index (χ3n) is 7.19. The summed E-state index contributed by atoms with van der Waals surface area (Å²) in [5.41, 5.74) is 1.36. The number of rotatable bonds is 13. The molecule has 1 unspecified atom stereocenters. The minimum Gasteiger partial charge on any atom is -0.493 e. The van der Waals surface area contributed by atoms with Gasteiger partial charge in [-0.1, -0.05) is 59.6 Å². The zero-order chi connectivity index (χ0) is 33.4. The number of carbonyl (C=O) groups is 2. The number of sulfonamides is 1. The molecule has 46 heavy (non-hydrogen) atoms. The fraction of sp³-hybridized carbons (Fsp3) is 0.212. The van der Waals surface area contributed by atoms with Crippen LogP contribution in [0, 0.1) is 5.82 Å². The lowest BCUT2D eigenvalue weighted by Crippen LogP contribution is -2.53. The van der Waals surface area contributed by atoms with Crippen LogP contribution in [-0.2, 0) is 32.6 Å². The number of methoxy groups -OCH3 is 2. The van der Waals surface area contributed by atoms with Gasteiger partial charge in [0, 0.05) is 26.1 Å². The van der Waals surface area contributed by atoms with Crippen molar-refractivity contribution in [1.82, 2.24) is 10.2 Å². The van der Waals surface area contributed by atoms with Gasteiger partial charge in [0.1, 0.15) is 18.4 Å². The molecule has 4 aromatic carbocycles. The predicted octanol–water partition coefficient (Wildman–Crippen LogP) is 5.73. The van der Waals surface area contributed by atoms with Crippen molar-refractivity contribution in [3.8, 4) is 11.5 Å². The Balaban J connectivity index is 1.82. The molecule has 0 saturated carbocycles. The molecule has 0 fully saturated rings. The Morgan fingerprint density at radius 1 is 0.848 bits per heavy atom. The van der Waals surface area contributed by atoms with Crippen LogP contribution >= 0.6 is 23.2 Å². The molecule has 2 amide bonds. The van der Waals surface area contributed by atoms with Gasteiger partial charge in [0.2, 0.25) is 11.8 Å². The number of hydrogen-bond donors (Lipinski definition) is 1. The molecule has 4 aromatic rings. The monoisotopic (exact) mass is 687 g/mol. The first-order chi connectivity index (χ1) is 22.0. The second-order valence-corrected chi connectivity index (χ2v) is 12.8. The fourth-order valence-electron chi connectivity index (χ4n) is 4.80. The van der Waals surface area contributed by atoms with Crippen LogP contribution in [0.1, 0.15) is 11.1 Å². The molecule has 1 atom stereocenters. The number of hydrogen-bond acceptors (Lipinski definition) is 6. The Bertz CT molecular complexity index is 1790. The molecular formula is C33H32Cl2FN3O6S. The standard InChI is InChI=1S/C33H32Cl2FN3O6S/c1-37-33(41)29(18-22-7-5-4-6-8-22)38(20-23-9-15-27(34)28(35)17-23)32(40)21-39(25-12-10-24(36)11-13-25)46(42,43)26-14-16-30(44-2)31(19-26)45-3/h4-17,19,29H,18,20-21H2,1-3H3,(H,37,41). The van der Waals surface area contributed by atoms with Gasteiger partial charge in [0.25, 0.3) is 10.0 Å². The molecule has 0 aliphatic heterocycles. The second-order valence-electron chi connectivity index (χ2n) is 10.1. The summed E-state index contributed by atoms with van der Waals surface area (Å²) in [6, 6.07) is 21.6. The average Bonchev–Trinajstić information content (AvgIpc) is 3.06. The number of benzene rings is 4. The number of ether oxygens (including phenoxy) is 2. The van der Waals surface area contributed by atoms with Gasteiger partial charge in [-0.25, -0.2) is 12.8 Å². The van der Waals surface area contributed by atoms with E-state index >= 15 is 0 Å². The van der Waals surface area contributed by atoms with Crippen molar-refractivity contribution in [3.05, 3.63) is 118 Å². The number of anilines is 1. The molecule has 0 aromatic heterocycles. The van der Waals surface area contributed by atoms with Crippen molar-refractivity contribution < 1.29 is 31.9 Å². The lowest BCUT2D eigenvalue weighted by Gasteiger charge is -2.33. The second kappa shape index (κ2) is 15.3. The molecule has 0 radical (unpaired) electrons. The Labute approximate surface area is 277 Å². The molecule has 1 N–H and O–H groups in total. The molecule has 0 aliphatic carbocycles. The molecule has 0 spiro atoms. The van der Waals surface area contributed by atoms with E-state index in [0.717, 1.165) is 22.0 Å².